The van der Waals surface area contributed by atoms with Crippen LogP contribution in [0.25, 0.3) is 0 Å². The maximum Gasteiger partial charge on any atom is 0.409 e. The Bertz CT molecular complexity index is 283. The van der Waals surface area contributed by atoms with Gasteiger partial charge in [-0.25, -0.2) is 8.78 Å². The second-order valence-electron chi connectivity index (χ2n) is 3.29. The number of nitrogens with one attached hydrogen (secondary N) is 1. The standard InChI is InChI=1S/C7H8F8N2O/c8-5(9,1-16)2-17-4(18)3(6(10,11)12)7(13,14)15/h3H,1-2,16H2,(H,17,18). The first kappa shape index (κ1) is 16.9. The molecule has 0 atom stereocenters. The van der Waals surface area contributed by atoms with Crippen LogP contribution >= 0.6 is 0 Å². The predicted octanol–water partition coefficient (Wildman–Crippen LogP) is 1.44. The molecule has 18 heavy (non-hydrogen) atoms. The van der Waals surface area contributed by atoms with Gasteiger partial charge >= 0.3 is 12.4 Å². The van der Waals surface area contributed by atoms with E-state index in [1.807, 2.05) is 0 Å². The number of nitrogens with two attached hydrogens (primary N) is 1. The fraction of sp³-hybridized carbons (Fsp3) is 0.857. The van der Waals surface area contributed by atoms with Gasteiger partial charge in [0.15, 0.2) is 0 Å². The number of amides is 1. The van der Waals surface area contributed by atoms with Gasteiger partial charge < -0.3 is 11.1 Å². The Morgan fingerprint density at radius 2 is 1.39 bits per heavy atom. The highest BCUT2D eigenvalue weighted by Crippen LogP contribution is 2.39. The van der Waals surface area contributed by atoms with Crippen molar-refractivity contribution in [1.82, 2.24) is 5.32 Å². The molecule has 0 radical (unpaired) electrons. The van der Waals surface area contributed by atoms with E-state index >= 15 is 0 Å². The van der Waals surface area contributed by atoms with Crippen LogP contribution in [-0.4, -0.2) is 37.3 Å². The maximum absolute atomic E-state index is 12.5. The number of halogens is 8. The first-order chi connectivity index (χ1) is 7.81. The Labute approximate surface area is 95.3 Å². The lowest BCUT2D eigenvalue weighted by Crippen LogP contribution is -2.51. The molecule has 0 aliphatic carbocycles. The summed E-state index contributed by atoms with van der Waals surface area (Å²) in [6.07, 6.45) is -11.8. The molecule has 1 amide bonds. The van der Waals surface area contributed by atoms with E-state index in [0.717, 1.165) is 5.32 Å². The molecule has 0 unspecified atom stereocenters. The molecule has 0 saturated heterocycles. The molecule has 0 aliphatic rings. The third kappa shape index (κ3) is 5.02. The molecule has 0 spiro atoms. The molecule has 0 heterocycles. The van der Waals surface area contributed by atoms with Crippen LogP contribution in [0.1, 0.15) is 0 Å². The van der Waals surface area contributed by atoms with E-state index in [4.69, 9.17) is 0 Å². The summed E-state index contributed by atoms with van der Waals surface area (Å²) in [5.41, 5.74) is 4.49. The number of hydrogen-bond acceptors (Lipinski definition) is 2. The summed E-state index contributed by atoms with van der Waals surface area (Å²) in [4.78, 5) is 10.7. The number of rotatable bonds is 4. The quantitative estimate of drug-likeness (QED) is 0.769. The first-order valence-corrected chi connectivity index (χ1v) is 4.30. The van der Waals surface area contributed by atoms with Crippen LogP contribution in [0.4, 0.5) is 35.1 Å². The zero-order valence-electron chi connectivity index (χ0n) is 8.50. The molecular formula is C7H8F8N2O. The van der Waals surface area contributed by atoms with Crippen LogP contribution in [0.15, 0.2) is 0 Å². The van der Waals surface area contributed by atoms with Crippen molar-refractivity contribution < 1.29 is 39.9 Å². The van der Waals surface area contributed by atoms with Crippen LogP contribution in [0.3, 0.4) is 0 Å². The van der Waals surface area contributed by atoms with Gasteiger partial charge in [0, 0.05) is 0 Å². The smallest absolute Gasteiger partial charge is 0.349 e. The molecule has 0 saturated carbocycles. The van der Waals surface area contributed by atoms with Crippen molar-refractivity contribution in [3.05, 3.63) is 0 Å². The topological polar surface area (TPSA) is 55.1 Å². The van der Waals surface area contributed by atoms with E-state index in [1.165, 1.54) is 0 Å². The zero-order chi connectivity index (χ0) is 14.8. The lowest BCUT2D eigenvalue weighted by atomic mass is 10.1. The monoisotopic (exact) mass is 288 g/mol. The van der Waals surface area contributed by atoms with Crippen molar-refractivity contribution in [2.75, 3.05) is 13.1 Å². The van der Waals surface area contributed by atoms with E-state index in [-0.39, 0.29) is 0 Å². The Balaban J connectivity index is 4.82. The summed E-state index contributed by atoms with van der Waals surface area (Å²) in [7, 11) is 0. The molecular weight excluding hydrogens is 280 g/mol. The van der Waals surface area contributed by atoms with Crippen molar-refractivity contribution >= 4 is 5.91 Å². The largest absolute Gasteiger partial charge is 0.409 e. The Kier molecular flexibility index (Phi) is 4.91. The third-order valence-electron chi connectivity index (χ3n) is 1.74. The van der Waals surface area contributed by atoms with Crippen molar-refractivity contribution in [3.63, 3.8) is 0 Å². The van der Waals surface area contributed by atoms with Gasteiger partial charge in [0.05, 0.1) is 13.1 Å². The highest BCUT2D eigenvalue weighted by molar-refractivity contribution is 5.80. The van der Waals surface area contributed by atoms with Gasteiger partial charge in [-0.3, -0.25) is 4.79 Å². The highest BCUT2D eigenvalue weighted by Gasteiger charge is 2.61. The number of carbonyl (C=O) groups is 1. The molecule has 3 nitrogen and oxygen atoms in total. The van der Waals surface area contributed by atoms with Crippen LogP contribution in [0.2, 0.25) is 0 Å². The van der Waals surface area contributed by atoms with Gasteiger partial charge in [-0.15, -0.1) is 0 Å². The van der Waals surface area contributed by atoms with Crippen molar-refractivity contribution in [3.8, 4) is 0 Å². The summed E-state index contributed by atoms with van der Waals surface area (Å²) in [5, 5.41) is 0.878. The summed E-state index contributed by atoms with van der Waals surface area (Å²) < 4.78 is 96.8. The van der Waals surface area contributed by atoms with Gasteiger partial charge in [0.25, 0.3) is 5.92 Å². The summed E-state index contributed by atoms with van der Waals surface area (Å²) in [5.74, 6) is -10.7. The van der Waals surface area contributed by atoms with Gasteiger partial charge in [-0.05, 0) is 0 Å². The normalized spacial score (nSPS) is 13.9. The molecule has 108 valence electrons. The molecule has 0 fully saturated rings. The lowest BCUT2D eigenvalue weighted by molar-refractivity contribution is -0.274. The van der Waals surface area contributed by atoms with E-state index in [1.54, 1.807) is 0 Å². The maximum atomic E-state index is 12.5. The van der Waals surface area contributed by atoms with Gasteiger partial charge in [-0.1, -0.05) is 0 Å². The van der Waals surface area contributed by atoms with E-state index in [9.17, 15) is 39.9 Å². The minimum atomic E-state index is -5.92. The lowest BCUT2D eigenvalue weighted by Gasteiger charge is -2.23. The SMILES string of the molecule is NCC(F)(F)CNC(=O)C(C(F)(F)F)C(F)(F)F. The predicted molar refractivity (Wildman–Crippen MR) is 42.6 cm³/mol. The van der Waals surface area contributed by atoms with Crippen LogP contribution in [0.5, 0.6) is 0 Å². The van der Waals surface area contributed by atoms with Crippen LogP contribution < -0.4 is 11.1 Å². The van der Waals surface area contributed by atoms with Crippen molar-refractivity contribution in [2.24, 2.45) is 11.7 Å². The van der Waals surface area contributed by atoms with Crippen molar-refractivity contribution in [2.45, 2.75) is 18.3 Å². The molecule has 0 aromatic rings. The Hall–Kier alpha value is -1.13. The first-order valence-electron chi connectivity index (χ1n) is 4.30. The number of hydrogen-bond donors (Lipinski definition) is 2. The van der Waals surface area contributed by atoms with Gasteiger partial charge in [0.1, 0.15) is 0 Å². The van der Waals surface area contributed by atoms with Gasteiger partial charge in [0.2, 0.25) is 11.8 Å². The molecule has 3 N–H and O–H groups in total. The number of carbonyl (C=O) groups excluding carboxylic acids is 1. The Morgan fingerprint density at radius 3 is 1.67 bits per heavy atom. The minimum absolute atomic E-state index is 0.878. The fourth-order valence-corrected chi connectivity index (χ4v) is 0.874. The molecule has 11 heteroatoms. The van der Waals surface area contributed by atoms with Crippen molar-refractivity contribution in [1.29, 1.82) is 0 Å². The summed E-state index contributed by atoms with van der Waals surface area (Å²) in [6.45, 7) is -3.03. The number of alkyl halides is 8. The van der Waals surface area contributed by atoms with E-state index in [0.29, 0.717) is 0 Å². The molecule has 0 rings (SSSR count). The molecule has 0 aromatic carbocycles. The third-order valence-corrected chi connectivity index (χ3v) is 1.74. The second kappa shape index (κ2) is 5.24. The highest BCUT2D eigenvalue weighted by atomic mass is 19.4. The zero-order valence-corrected chi connectivity index (χ0v) is 8.50. The average Bonchev–Trinajstić information content (AvgIpc) is 2.10. The molecule has 0 aliphatic heterocycles. The van der Waals surface area contributed by atoms with Crippen LogP contribution in [0, 0.1) is 5.92 Å². The average molecular weight is 288 g/mol. The second-order valence-corrected chi connectivity index (χ2v) is 3.29. The van der Waals surface area contributed by atoms with E-state index in [2.05, 4.69) is 5.73 Å². The fourth-order valence-electron chi connectivity index (χ4n) is 0.874. The molecule has 0 aromatic heterocycles. The van der Waals surface area contributed by atoms with Crippen LogP contribution in [-0.2, 0) is 4.79 Å². The minimum Gasteiger partial charge on any atom is -0.349 e. The summed E-state index contributed by atoms with van der Waals surface area (Å²) in [6, 6.07) is 0. The Morgan fingerprint density at radius 1 is 1.00 bits per heavy atom. The molecule has 0 bridgehead atoms. The summed E-state index contributed by atoms with van der Waals surface area (Å²) >= 11 is 0. The van der Waals surface area contributed by atoms with E-state index < -0.39 is 43.2 Å². The van der Waals surface area contributed by atoms with Gasteiger partial charge in [-0.2, -0.15) is 26.3 Å².